The Hall–Kier alpha value is -1.98. The van der Waals surface area contributed by atoms with Gasteiger partial charge in [-0.15, -0.1) is 11.3 Å². The summed E-state index contributed by atoms with van der Waals surface area (Å²) in [5, 5.41) is 18.0. The molecule has 0 radical (unpaired) electrons. The number of aryl methyl sites for hydroxylation is 1. The van der Waals surface area contributed by atoms with E-state index in [1.54, 1.807) is 6.92 Å². The largest absolute Gasteiger partial charge is 0.481 e. The number of nitriles is 1. The number of thiazole rings is 1. The standard InChI is InChI=1S/C11H8N4O2S2/c1-6-8(2-10(16)17)18-11(15-6)19-9-5-13-7(3-12)4-14-9/h4-5H,2H2,1H3,(H,16,17). The Morgan fingerprint density at radius 2 is 2.32 bits per heavy atom. The third kappa shape index (κ3) is 3.49. The highest BCUT2D eigenvalue weighted by molar-refractivity contribution is 8.01. The van der Waals surface area contributed by atoms with E-state index < -0.39 is 5.97 Å². The maximum Gasteiger partial charge on any atom is 0.308 e. The van der Waals surface area contributed by atoms with Crippen LogP contribution in [0.2, 0.25) is 0 Å². The van der Waals surface area contributed by atoms with E-state index in [0.29, 0.717) is 9.37 Å². The van der Waals surface area contributed by atoms with Crippen LogP contribution in [0, 0.1) is 18.3 Å². The highest BCUT2D eigenvalue weighted by Gasteiger charge is 2.12. The minimum Gasteiger partial charge on any atom is -0.481 e. The number of aliphatic carboxylic acids is 1. The fourth-order valence-corrected chi connectivity index (χ4v) is 3.34. The number of carboxylic acid groups (broad SMARTS) is 1. The molecule has 6 nitrogen and oxygen atoms in total. The molecule has 0 fully saturated rings. The summed E-state index contributed by atoms with van der Waals surface area (Å²) < 4.78 is 0.716. The molecule has 2 rings (SSSR count). The molecule has 0 bridgehead atoms. The third-order valence-electron chi connectivity index (χ3n) is 2.12. The lowest BCUT2D eigenvalue weighted by Crippen LogP contribution is -1.99. The summed E-state index contributed by atoms with van der Waals surface area (Å²) in [6, 6.07) is 1.89. The van der Waals surface area contributed by atoms with Crippen molar-refractivity contribution in [1.29, 1.82) is 5.26 Å². The number of nitrogens with zero attached hydrogens (tertiary/aromatic N) is 4. The molecule has 0 saturated heterocycles. The third-order valence-corrected chi connectivity index (χ3v) is 4.26. The van der Waals surface area contributed by atoms with Gasteiger partial charge in [-0.25, -0.2) is 15.0 Å². The van der Waals surface area contributed by atoms with Crippen molar-refractivity contribution in [2.24, 2.45) is 0 Å². The molecule has 19 heavy (non-hydrogen) atoms. The zero-order valence-corrected chi connectivity index (χ0v) is 11.5. The molecule has 0 unspecified atom stereocenters. The Labute approximate surface area is 117 Å². The maximum atomic E-state index is 10.7. The van der Waals surface area contributed by atoms with Crippen LogP contribution in [-0.2, 0) is 11.2 Å². The van der Waals surface area contributed by atoms with Crippen LogP contribution in [0.4, 0.5) is 0 Å². The van der Waals surface area contributed by atoms with E-state index in [-0.39, 0.29) is 12.1 Å². The average Bonchev–Trinajstić information content (AvgIpc) is 2.70. The van der Waals surface area contributed by atoms with Gasteiger partial charge in [0.1, 0.15) is 11.1 Å². The fourth-order valence-electron chi connectivity index (χ4n) is 1.26. The summed E-state index contributed by atoms with van der Waals surface area (Å²) >= 11 is 2.63. The monoisotopic (exact) mass is 292 g/mol. The molecule has 0 aliphatic carbocycles. The van der Waals surface area contributed by atoms with E-state index in [9.17, 15) is 4.79 Å². The lowest BCUT2D eigenvalue weighted by atomic mass is 10.3. The van der Waals surface area contributed by atoms with Crippen molar-refractivity contribution in [3.63, 3.8) is 0 Å². The van der Waals surface area contributed by atoms with E-state index in [4.69, 9.17) is 10.4 Å². The molecule has 0 saturated carbocycles. The van der Waals surface area contributed by atoms with E-state index >= 15 is 0 Å². The highest BCUT2D eigenvalue weighted by atomic mass is 32.2. The molecule has 8 heteroatoms. The minimum absolute atomic E-state index is 0.0247. The first-order valence-corrected chi connectivity index (χ1v) is 6.80. The topological polar surface area (TPSA) is 99.8 Å². The van der Waals surface area contributed by atoms with Gasteiger partial charge in [-0.2, -0.15) is 5.26 Å². The summed E-state index contributed by atoms with van der Waals surface area (Å²) in [6.45, 7) is 1.78. The first-order valence-electron chi connectivity index (χ1n) is 5.16. The van der Waals surface area contributed by atoms with Crippen molar-refractivity contribution in [2.75, 3.05) is 0 Å². The van der Waals surface area contributed by atoms with E-state index in [1.165, 1.54) is 35.5 Å². The van der Waals surface area contributed by atoms with Crippen molar-refractivity contribution >= 4 is 29.1 Å². The second kappa shape index (κ2) is 5.77. The fraction of sp³-hybridized carbons (Fsp3) is 0.182. The van der Waals surface area contributed by atoms with Gasteiger partial charge >= 0.3 is 5.97 Å². The SMILES string of the molecule is Cc1nc(Sc2cnc(C#N)cn2)sc1CC(=O)O. The number of hydrogen-bond acceptors (Lipinski definition) is 7. The molecule has 0 aliphatic heterocycles. The van der Waals surface area contributed by atoms with Gasteiger partial charge in [-0.05, 0) is 18.7 Å². The number of hydrogen-bond donors (Lipinski definition) is 1. The average molecular weight is 292 g/mol. The molecule has 0 aliphatic rings. The van der Waals surface area contributed by atoms with Gasteiger partial charge in [0.2, 0.25) is 0 Å². The Kier molecular flexibility index (Phi) is 4.09. The molecule has 0 amide bonds. The van der Waals surface area contributed by atoms with Crippen LogP contribution in [0.25, 0.3) is 0 Å². The summed E-state index contributed by atoms with van der Waals surface area (Å²) in [5.74, 6) is -0.874. The van der Waals surface area contributed by atoms with Crippen molar-refractivity contribution in [1.82, 2.24) is 15.0 Å². The van der Waals surface area contributed by atoms with Crippen LogP contribution < -0.4 is 0 Å². The Morgan fingerprint density at radius 1 is 1.53 bits per heavy atom. The molecular formula is C11H8N4O2S2. The maximum absolute atomic E-state index is 10.7. The van der Waals surface area contributed by atoms with Gasteiger partial charge in [0.05, 0.1) is 24.5 Å². The molecule has 0 aromatic carbocycles. The van der Waals surface area contributed by atoms with Gasteiger partial charge < -0.3 is 5.11 Å². The molecular weight excluding hydrogens is 284 g/mol. The van der Waals surface area contributed by atoms with Crippen molar-refractivity contribution in [3.05, 3.63) is 28.7 Å². The Bertz CT molecular complexity index is 646. The van der Waals surface area contributed by atoms with Crippen LogP contribution in [0.5, 0.6) is 0 Å². The second-order valence-corrected chi connectivity index (χ2v) is 5.86. The minimum atomic E-state index is -0.874. The molecule has 1 N–H and O–H groups in total. The number of carboxylic acids is 1. The summed E-state index contributed by atoms with van der Waals surface area (Å²) in [5.41, 5.74) is 0.975. The van der Waals surface area contributed by atoms with E-state index in [2.05, 4.69) is 15.0 Å². The van der Waals surface area contributed by atoms with Crippen LogP contribution >= 0.6 is 23.1 Å². The molecule has 0 atom stereocenters. The zero-order chi connectivity index (χ0) is 13.8. The molecule has 0 spiro atoms. The van der Waals surface area contributed by atoms with Gasteiger partial charge in [0.25, 0.3) is 0 Å². The van der Waals surface area contributed by atoms with Crippen molar-refractivity contribution < 1.29 is 9.90 Å². The van der Waals surface area contributed by atoms with Gasteiger partial charge in [-0.1, -0.05) is 0 Å². The Morgan fingerprint density at radius 3 is 2.89 bits per heavy atom. The second-order valence-electron chi connectivity index (χ2n) is 3.51. The molecule has 2 aromatic rings. The lowest BCUT2D eigenvalue weighted by molar-refractivity contribution is -0.136. The van der Waals surface area contributed by atoms with Crippen LogP contribution in [-0.4, -0.2) is 26.0 Å². The van der Waals surface area contributed by atoms with Gasteiger partial charge in [-0.3, -0.25) is 4.79 Å². The smallest absolute Gasteiger partial charge is 0.308 e. The first kappa shape index (κ1) is 13.5. The lowest BCUT2D eigenvalue weighted by Gasteiger charge is -1.95. The molecule has 96 valence electrons. The predicted octanol–water partition coefficient (Wildman–Crippen LogP) is 1.89. The molecule has 2 heterocycles. The van der Waals surface area contributed by atoms with Crippen molar-refractivity contribution in [3.8, 4) is 6.07 Å². The predicted molar refractivity (Wildman–Crippen MR) is 69.1 cm³/mol. The normalized spacial score (nSPS) is 10.1. The number of aromatic nitrogens is 3. The van der Waals surface area contributed by atoms with Gasteiger partial charge in [0, 0.05) is 4.88 Å². The quantitative estimate of drug-likeness (QED) is 0.918. The first-order chi connectivity index (χ1) is 9.08. The van der Waals surface area contributed by atoms with Crippen LogP contribution in [0.1, 0.15) is 16.3 Å². The zero-order valence-electron chi connectivity index (χ0n) is 9.82. The van der Waals surface area contributed by atoms with E-state index in [1.807, 2.05) is 6.07 Å². The number of carbonyl (C=O) groups is 1. The van der Waals surface area contributed by atoms with E-state index in [0.717, 1.165) is 10.6 Å². The Balaban J connectivity index is 2.14. The van der Waals surface area contributed by atoms with Crippen LogP contribution in [0.3, 0.4) is 0 Å². The summed E-state index contributed by atoms with van der Waals surface area (Å²) in [4.78, 5) is 23.7. The van der Waals surface area contributed by atoms with Crippen LogP contribution in [0.15, 0.2) is 21.8 Å². The van der Waals surface area contributed by atoms with Gasteiger partial charge in [0.15, 0.2) is 10.0 Å². The molecule has 2 aromatic heterocycles. The highest BCUT2D eigenvalue weighted by Crippen LogP contribution is 2.31. The summed E-state index contributed by atoms with van der Waals surface area (Å²) in [7, 11) is 0. The number of rotatable bonds is 4. The van der Waals surface area contributed by atoms with Crippen molar-refractivity contribution in [2.45, 2.75) is 22.7 Å². The summed E-state index contributed by atoms with van der Waals surface area (Å²) in [6.07, 6.45) is 2.86.